The molecule has 98 valence electrons. The topological polar surface area (TPSA) is 124 Å². The van der Waals surface area contributed by atoms with Crippen LogP contribution in [0.3, 0.4) is 0 Å². The van der Waals surface area contributed by atoms with Gasteiger partial charge in [-0.05, 0) is 0 Å². The van der Waals surface area contributed by atoms with E-state index in [-0.39, 0.29) is 19.3 Å². The fraction of sp³-hybridized carbons (Fsp3) is 0.800. The van der Waals surface area contributed by atoms with Gasteiger partial charge in [0, 0.05) is 12.3 Å². The zero-order valence-corrected chi connectivity index (χ0v) is 9.15. The largest absolute Gasteiger partial charge is 0.481 e. The average molecular weight is 248 g/mol. The number of carboxylic acid groups (broad SMARTS) is 2. The maximum atomic E-state index is 10.6. The molecular weight excluding hydrogens is 232 g/mol. The zero-order chi connectivity index (χ0) is 13.0. The molecule has 1 saturated heterocycles. The van der Waals surface area contributed by atoms with Gasteiger partial charge in [-0.1, -0.05) is 0 Å². The minimum absolute atomic E-state index is 0.0702. The molecule has 0 bridgehead atoms. The second-order valence-corrected chi connectivity index (χ2v) is 4.14. The number of carbonyl (C=O) groups is 2. The standard InChI is InChI=1S/C10H16O7/c11-4-8-6(3-10(15)16)7(12)1-5(17-8)2-9(13)14/h5-8,11-12H,1-4H2,(H,13,14)(H,15,16)/t5?,6-,7+,8-/m0/s1. The van der Waals surface area contributed by atoms with Crippen molar-refractivity contribution in [1.29, 1.82) is 0 Å². The van der Waals surface area contributed by atoms with Crippen LogP contribution >= 0.6 is 0 Å². The van der Waals surface area contributed by atoms with Crippen LogP contribution in [0.25, 0.3) is 0 Å². The van der Waals surface area contributed by atoms with Crippen molar-refractivity contribution in [3.05, 3.63) is 0 Å². The van der Waals surface area contributed by atoms with E-state index in [1.165, 1.54) is 0 Å². The van der Waals surface area contributed by atoms with Crippen molar-refractivity contribution in [2.24, 2.45) is 5.92 Å². The van der Waals surface area contributed by atoms with Crippen molar-refractivity contribution < 1.29 is 34.8 Å². The minimum atomic E-state index is -1.09. The van der Waals surface area contributed by atoms with Gasteiger partial charge in [0.15, 0.2) is 0 Å². The van der Waals surface area contributed by atoms with E-state index in [2.05, 4.69) is 0 Å². The lowest BCUT2D eigenvalue weighted by Gasteiger charge is -2.38. The summed E-state index contributed by atoms with van der Waals surface area (Å²) < 4.78 is 5.28. The van der Waals surface area contributed by atoms with Gasteiger partial charge < -0.3 is 25.2 Å². The van der Waals surface area contributed by atoms with E-state index in [1.54, 1.807) is 0 Å². The van der Waals surface area contributed by atoms with Crippen LogP contribution in [-0.2, 0) is 14.3 Å². The normalized spacial score (nSPS) is 33.3. The van der Waals surface area contributed by atoms with Crippen LogP contribution in [0.15, 0.2) is 0 Å². The predicted octanol–water partition coefficient (Wildman–Crippen LogP) is -0.937. The smallest absolute Gasteiger partial charge is 0.305 e. The Bertz CT molecular complexity index is 290. The number of ether oxygens (including phenoxy) is 1. The highest BCUT2D eigenvalue weighted by atomic mass is 16.5. The van der Waals surface area contributed by atoms with E-state index in [4.69, 9.17) is 20.1 Å². The second kappa shape index (κ2) is 5.95. The Kier molecular flexibility index (Phi) is 4.86. The molecule has 1 aliphatic heterocycles. The quantitative estimate of drug-likeness (QED) is 0.495. The summed E-state index contributed by atoms with van der Waals surface area (Å²) in [6, 6.07) is 0. The number of aliphatic carboxylic acids is 2. The molecule has 1 rings (SSSR count). The average Bonchev–Trinajstić information content (AvgIpc) is 2.20. The minimum Gasteiger partial charge on any atom is -0.481 e. The molecule has 0 spiro atoms. The highest BCUT2D eigenvalue weighted by Crippen LogP contribution is 2.29. The number of hydrogen-bond acceptors (Lipinski definition) is 5. The van der Waals surface area contributed by atoms with Gasteiger partial charge >= 0.3 is 11.9 Å². The Morgan fingerprint density at radius 1 is 1.18 bits per heavy atom. The summed E-state index contributed by atoms with van der Waals surface area (Å²) in [6.07, 6.45) is -3.01. The predicted molar refractivity (Wildman–Crippen MR) is 54.4 cm³/mol. The van der Waals surface area contributed by atoms with Crippen molar-refractivity contribution in [3.8, 4) is 0 Å². The first-order chi connectivity index (χ1) is 7.93. The van der Waals surface area contributed by atoms with E-state index in [1.807, 2.05) is 0 Å². The molecule has 1 unspecified atom stereocenters. The molecular formula is C10H16O7. The van der Waals surface area contributed by atoms with Gasteiger partial charge in [0.05, 0.1) is 37.8 Å². The number of hydrogen-bond donors (Lipinski definition) is 4. The Hall–Kier alpha value is -1.18. The molecule has 0 amide bonds. The summed E-state index contributed by atoms with van der Waals surface area (Å²) in [5.41, 5.74) is 0. The van der Waals surface area contributed by atoms with Gasteiger partial charge in [0.1, 0.15) is 0 Å². The van der Waals surface area contributed by atoms with E-state index >= 15 is 0 Å². The second-order valence-electron chi connectivity index (χ2n) is 4.14. The fourth-order valence-corrected chi connectivity index (χ4v) is 2.07. The lowest BCUT2D eigenvalue weighted by molar-refractivity contribution is -0.171. The molecule has 0 radical (unpaired) electrons. The van der Waals surface area contributed by atoms with Crippen molar-refractivity contribution in [1.82, 2.24) is 0 Å². The number of rotatable bonds is 5. The van der Waals surface area contributed by atoms with Crippen LogP contribution in [-0.4, -0.2) is 57.3 Å². The third kappa shape index (κ3) is 3.95. The molecule has 1 aliphatic rings. The lowest BCUT2D eigenvalue weighted by Crippen LogP contribution is -2.47. The first-order valence-electron chi connectivity index (χ1n) is 5.32. The summed E-state index contributed by atoms with van der Waals surface area (Å²) in [7, 11) is 0. The van der Waals surface area contributed by atoms with Crippen LogP contribution in [0, 0.1) is 5.92 Å². The number of aliphatic hydroxyl groups is 2. The van der Waals surface area contributed by atoms with Gasteiger partial charge in [-0.25, -0.2) is 0 Å². The van der Waals surface area contributed by atoms with E-state index in [9.17, 15) is 14.7 Å². The van der Waals surface area contributed by atoms with Crippen molar-refractivity contribution >= 4 is 11.9 Å². The molecule has 0 aromatic carbocycles. The zero-order valence-electron chi connectivity index (χ0n) is 9.15. The molecule has 4 N–H and O–H groups in total. The van der Waals surface area contributed by atoms with E-state index < -0.39 is 42.8 Å². The maximum absolute atomic E-state index is 10.6. The van der Waals surface area contributed by atoms with Crippen molar-refractivity contribution in [2.45, 2.75) is 37.6 Å². The Morgan fingerprint density at radius 3 is 2.24 bits per heavy atom. The molecule has 1 fully saturated rings. The van der Waals surface area contributed by atoms with Crippen molar-refractivity contribution in [2.75, 3.05) is 6.61 Å². The van der Waals surface area contributed by atoms with Gasteiger partial charge in [0.2, 0.25) is 0 Å². The summed E-state index contributed by atoms with van der Waals surface area (Å²) in [5, 5.41) is 36.1. The van der Waals surface area contributed by atoms with Gasteiger partial charge in [-0.2, -0.15) is 0 Å². The molecule has 0 saturated carbocycles. The van der Waals surface area contributed by atoms with E-state index in [0.29, 0.717) is 0 Å². The van der Waals surface area contributed by atoms with Gasteiger partial charge in [-0.3, -0.25) is 9.59 Å². The first-order valence-corrected chi connectivity index (χ1v) is 5.32. The van der Waals surface area contributed by atoms with Gasteiger partial charge in [0.25, 0.3) is 0 Å². The monoisotopic (exact) mass is 248 g/mol. The molecule has 7 heteroatoms. The summed E-state index contributed by atoms with van der Waals surface area (Å²) in [4.78, 5) is 21.1. The first kappa shape index (κ1) is 13.9. The molecule has 0 aromatic heterocycles. The summed E-state index contributed by atoms with van der Waals surface area (Å²) in [6.45, 7) is -0.439. The Labute approximate surface area is 97.6 Å². The molecule has 17 heavy (non-hydrogen) atoms. The maximum Gasteiger partial charge on any atom is 0.305 e. The third-order valence-corrected chi connectivity index (χ3v) is 2.84. The SMILES string of the molecule is O=C(O)CC1C[C@@H](O)[C@H](CC(=O)O)[C@H](CO)O1. The van der Waals surface area contributed by atoms with Crippen LogP contribution in [0.4, 0.5) is 0 Å². The molecule has 0 aliphatic carbocycles. The molecule has 7 nitrogen and oxygen atoms in total. The lowest BCUT2D eigenvalue weighted by atomic mass is 9.85. The van der Waals surface area contributed by atoms with Crippen LogP contribution in [0.2, 0.25) is 0 Å². The fourth-order valence-electron chi connectivity index (χ4n) is 2.07. The highest BCUT2D eigenvalue weighted by molar-refractivity contribution is 5.68. The molecule has 0 aromatic rings. The Balaban J connectivity index is 2.65. The van der Waals surface area contributed by atoms with E-state index in [0.717, 1.165) is 0 Å². The van der Waals surface area contributed by atoms with Crippen LogP contribution in [0.5, 0.6) is 0 Å². The van der Waals surface area contributed by atoms with Crippen LogP contribution in [0.1, 0.15) is 19.3 Å². The number of aliphatic hydroxyl groups excluding tert-OH is 2. The van der Waals surface area contributed by atoms with Crippen molar-refractivity contribution in [3.63, 3.8) is 0 Å². The molecule has 1 heterocycles. The summed E-state index contributed by atoms with van der Waals surface area (Å²) in [5.74, 6) is -2.86. The Morgan fingerprint density at radius 2 is 1.76 bits per heavy atom. The summed E-state index contributed by atoms with van der Waals surface area (Å²) >= 11 is 0. The highest BCUT2D eigenvalue weighted by Gasteiger charge is 2.39. The number of carboxylic acids is 2. The molecule has 4 atom stereocenters. The third-order valence-electron chi connectivity index (χ3n) is 2.84. The van der Waals surface area contributed by atoms with Gasteiger partial charge in [-0.15, -0.1) is 0 Å². The van der Waals surface area contributed by atoms with Crippen LogP contribution < -0.4 is 0 Å².